The number of ether oxygens (including phenoxy) is 2. The van der Waals surface area contributed by atoms with E-state index in [1.807, 2.05) is 6.92 Å². The van der Waals surface area contributed by atoms with Gasteiger partial charge < -0.3 is 9.47 Å². The smallest absolute Gasteiger partial charge is 0.358 e. The van der Waals surface area contributed by atoms with Crippen molar-refractivity contribution in [2.45, 2.75) is 53.1 Å². The van der Waals surface area contributed by atoms with Crippen molar-refractivity contribution in [2.24, 2.45) is 22.2 Å². The molecule has 3 aliphatic carbocycles. The molecule has 0 spiro atoms. The second kappa shape index (κ2) is 4.67. The maximum absolute atomic E-state index is 12.4. The summed E-state index contributed by atoms with van der Waals surface area (Å²) in [6.07, 6.45) is 1.90. The van der Waals surface area contributed by atoms with E-state index in [4.69, 9.17) is 9.47 Å². The van der Waals surface area contributed by atoms with Crippen LogP contribution in [0.15, 0.2) is 16.3 Å². The molecule has 5 heteroatoms. The number of carbonyl (C=O) groups is 2. The molecule has 1 aliphatic heterocycles. The van der Waals surface area contributed by atoms with Gasteiger partial charge in [0, 0.05) is 5.92 Å². The molecule has 0 saturated heterocycles. The summed E-state index contributed by atoms with van der Waals surface area (Å²) in [5.74, 6) is -0.155. The quantitative estimate of drug-likeness (QED) is 0.581. The van der Waals surface area contributed by atoms with Crippen LogP contribution in [-0.4, -0.2) is 29.9 Å². The van der Waals surface area contributed by atoms with Crippen LogP contribution in [-0.2, 0) is 19.1 Å². The van der Waals surface area contributed by atoms with Gasteiger partial charge in [0.25, 0.3) is 0 Å². The molecule has 4 rings (SSSR count). The SMILES string of the molecule is CCOC(=O)/C(C)=C1\N=C2C[C@@H]3C[C@@H](C3(C)C)[C@]2(C)OC1=O. The Hall–Kier alpha value is -1.65. The third-order valence-corrected chi connectivity index (χ3v) is 5.83. The minimum atomic E-state index is -0.631. The van der Waals surface area contributed by atoms with Crippen LogP contribution in [0.4, 0.5) is 0 Å². The molecule has 1 heterocycles. The van der Waals surface area contributed by atoms with E-state index in [2.05, 4.69) is 18.8 Å². The second-order valence-electron chi connectivity index (χ2n) is 7.26. The van der Waals surface area contributed by atoms with Crippen molar-refractivity contribution in [2.75, 3.05) is 6.61 Å². The lowest BCUT2D eigenvalue weighted by Crippen LogP contribution is -2.67. The molecule has 0 radical (unpaired) electrons. The van der Waals surface area contributed by atoms with Crippen molar-refractivity contribution in [3.63, 3.8) is 0 Å². The Morgan fingerprint density at radius 3 is 2.68 bits per heavy atom. The van der Waals surface area contributed by atoms with Gasteiger partial charge in [0.05, 0.1) is 17.9 Å². The zero-order chi connectivity index (χ0) is 16.3. The molecule has 0 amide bonds. The summed E-state index contributed by atoms with van der Waals surface area (Å²) in [5, 5.41) is 0. The monoisotopic (exact) mass is 305 g/mol. The van der Waals surface area contributed by atoms with Crippen LogP contribution in [0.25, 0.3) is 0 Å². The molecule has 3 atom stereocenters. The zero-order valence-electron chi connectivity index (χ0n) is 13.9. The summed E-state index contributed by atoms with van der Waals surface area (Å²) in [4.78, 5) is 28.8. The molecule has 3 saturated carbocycles. The van der Waals surface area contributed by atoms with E-state index in [1.165, 1.54) is 0 Å². The fourth-order valence-electron chi connectivity index (χ4n) is 4.22. The van der Waals surface area contributed by atoms with Gasteiger partial charge in [-0.2, -0.15) is 0 Å². The highest BCUT2D eigenvalue weighted by Crippen LogP contribution is 2.63. The Morgan fingerprint density at radius 2 is 2.09 bits per heavy atom. The number of hydrogen-bond donors (Lipinski definition) is 0. The van der Waals surface area contributed by atoms with E-state index in [1.54, 1.807) is 13.8 Å². The zero-order valence-corrected chi connectivity index (χ0v) is 13.9. The Labute approximate surface area is 130 Å². The molecule has 3 fully saturated rings. The van der Waals surface area contributed by atoms with Gasteiger partial charge in [-0.25, -0.2) is 14.6 Å². The standard InChI is InChI=1S/C17H23NO4/c1-6-21-14(19)9(2)13-15(20)22-17(5)11-7-10(16(11,3)4)8-12(17)18-13/h10-11H,6-8H2,1-5H3/b13-9-/t10-,11-,17-/m0/s1. The van der Waals surface area contributed by atoms with Gasteiger partial charge in [0.15, 0.2) is 11.3 Å². The number of hydrogen-bond acceptors (Lipinski definition) is 5. The van der Waals surface area contributed by atoms with Gasteiger partial charge in [0.2, 0.25) is 0 Å². The lowest BCUT2D eigenvalue weighted by molar-refractivity contribution is -0.181. The predicted molar refractivity (Wildman–Crippen MR) is 81.3 cm³/mol. The lowest BCUT2D eigenvalue weighted by Gasteiger charge is -2.64. The molecule has 2 bridgehead atoms. The lowest BCUT2D eigenvalue weighted by atomic mass is 9.43. The van der Waals surface area contributed by atoms with E-state index >= 15 is 0 Å². The van der Waals surface area contributed by atoms with Crippen molar-refractivity contribution in [1.82, 2.24) is 0 Å². The maximum Gasteiger partial charge on any atom is 0.358 e. The summed E-state index contributed by atoms with van der Waals surface area (Å²) < 4.78 is 10.7. The first-order valence-corrected chi connectivity index (χ1v) is 7.91. The van der Waals surface area contributed by atoms with Gasteiger partial charge >= 0.3 is 11.9 Å². The molecule has 0 aromatic rings. The normalized spacial score (nSPS) is 37.3. The highest BCUT2D eigenvalue weighted by atomic mass is 16.6. The van der Waals surface area contributed by atoms with Gasteiger partial charge in [-0.3, -0.25) is 0 Å². The molecular weight excluding hydrogens is 282 g/mol. The summed E-state index contributed by atoms with van der Waals surface area (Å²) in [6, 6.07) is 0. The Kier molecular flexibility index (Phi) is 3.24. The minimum absolute atomic E-state index is 0.102. The van der Waals surface area contributed by atoms with Crippen LogP contribution in [0.5, 0.6) is 0 Å². The van der Waals surface area contributed by atoms with E-state index < -0.39 is 17.5 Å². The van der Waals surface area contributed by atoms with Gasteiger partial charge in [-0.15, -0.1) is 0 Å². The molecule has 5 nitrogen and oxygen atoms in total. The number of esters is 2. The van der Waals surface area contributed by atoms with Crippen molar-refractivity contribution in [1.29, 1.82) is 0 Å². The van der Waals surface area contributed by atoms with Crippen molar-refractivity contribution >= 4 is 17.7 Å². The van der Waals surface area contributed by atoms with Crippen LogP contribution in [0.2, 0.25) is 0 Å². The second-order valence-corrected chi connectivity index (χ2v) is 7.26. The number of carbonyl (C=O) groups excluding carboxylic acids is 2. The third-order valence-electron chi connectivity index (χ3n) is 5.83. The van der Waals surface area contributed by atoms with Gasteiger partial charge in [-0.05, 0) is 44.9 Å². The topological polar surface area (TPSA) is 65.0 Å². The molecular formula is C17H23NO4. The van der Waals surface area contributed by atoms with Crippen LogP contribution in [0.1, 0.15) is 47.5 Å². The summed E-state index contributed by atoms with van der Waals surface area (Å²) in [5.41, 5.74) is 0.760. The molecule has 0 unspecified atom stereocenters. The van der Waals surface area contributed by atoms with E-state index in [9.17, 15) is 9.59 Å². The summed E-state index contributed by atoms with van der Waals surface area (Å²) in [7, 11) is 0. The Bertz CT molecular complexity index is 616. The fraction of sp³-hybridized carbons (Fsp3) is 0.706. The van der Waals surface area contributed by atoms with E-state index in [0.717, 1.165) is 18.6 Å². The van der Waals surface area contributed by atoms with Crippen molar-refractivity contribution in [3.8, 4) is 0 Å². The van der Waals surface area contributed by atoms with Crippen LogP contribution in [0.3, 0.4) is 0 Å². The first-order valence-electron chi connectivity index (χ1n) is 7.91. The van der Waals surface area contributed by atoms with Gasteiger partial charge in [0.1, 0.15) is 0 Å². The van der Waals surface area contributed by atoms with Crippen LogP contribution >= 0.6 is 0 Å². The predicted octanol–water partition coefficient (Wildman–Crippen LogP) is 2.65. The average Bonchev–Trinajstić information content (AvgIpc) is 2.44. The molecule has 0 N–H and O–H groups in total. The average molecular weight is 305 g/mol. The molecule has 0 aromatic carbocycles. The third kappa shape index (κ3) is 1.87. The highest BCUT2D eigenvalue weighted by Gasteiger charge is 2.65. The molecule has 120 valence electrons. The fourth-order valence-corrected chi connectivity index (χ4v) is 4.22. The van der Waals surface area contributed by atoms with E-state index in [0.29, 0.717) is 11.8 Å². The van der Waals surface area contributed by atoms with Crippen LogP contribution < -0.4 is 0 Å². The Morgan fingerprint density at radius 1 is 1.41 bits per heavy atom. The molecule has 4 aliphatic rings. The van der Waals surface area contributed by atoms with Crippen LogP contribution in [0, 0.1) is 17.3 Å². The summed E-state index contributed by atoms with van der Waals surface area (Å²) >= 11 is 0. The summed E-state index contributed by atoms with van der Waals surface area (Å²) in [6.45, 7) is 9.99. The first-order chi connectivity index (χ1) is 10.2. The molecule has 22 heavy (non-hydrogen) atoms. The van der Waals surface area contributed by atoms with Gasteiger partial charge in [-0.1, -0.05) is 13.8 Å². The number of rotatable bonds is 2. The Balaban J connectivity index is 2.00. The van der Waals surface area contributed by atoms with Crippen molar-refractivity contribution < 1.29 is 19.1 Å². The van der Waals surface area contributed by atoms with Crippen molar-refractivity contribution in [3.05, 3.63) is 11.3 Å². The minimum Gasteiger partial charge on any atom is -0.463 e. The number of nitrogens with zero attached hydrogens (tertiary/aromatic N) is 1. The van der Waals surface area contributed by atoms with E-state index in [-0.39, 0.29) is 23.3 Å². The molecule has 0 aromatic heterocycles. The highest BCUT2D eigenvalue weighted by molar-refractivity contribution is 6.08. The number of aliphatic imine (C=N–C) groups is 1. The maximum atomic E-state index is 12.4. The largest absolute Gasteiger partial charge is 0.463 e. The first kappa shape index (κ1) is 15.3.